The van der Waals surface area contributed by atoms with Gasteiger partial charge in [0.05, 0.1) is 5.69 Å². The first-order valence-electron chi connectivity index (χ1n) is 10.7. The van der Waals surface area contributed by atoms with Gasteiger partial charge in [-0.2, -0.15) is 0 Å². The average molecular weight is 447 g/mol. The van der Waals surface area contributed by atoms with Crippen molar-refractivity contribution in [2.24, 2.45) is 11.7 Å². The summed E-state index contributed by atoms with van der Waals surface area (Å²) in [5, 5.41) is 9.54. The number of piperidine rings is 1. The van der Waals surface area contributed by atoms with E-state index in [1.54, 1.807) is 16.7 Å². The molecule has 2 amide bonds. The van der Waals surface area contributed by atoms with Crippen molar-refractivity contribution in [3.8, 4) is 11.3 Å². The van der Waals surface area contributed by atoms with Gasteiger partial charge in [-0.1, -0.05) is 53.7 Å². The summed E-state index contributed by atoms with van der Waals surface area (Å²) in [6, 6.07) is 19.9. The van der Waals surface area contributed by atoms with E-state index in [2.05, 4.69) is 29.3 Å². The minimum atomic E-state index is -0.272. The molecular weight excluding hydrogens is 420 g/mol. The Morgan fingerprint density at radius 2 is 1.78 bits per heavy atom. The Labute approximate surface area is 192 Å². The van der Waals surface area contributed by atoms with E-state index in [1.807, 2.05) is 48.5 Å². The normalized spacial score (nSPS) is 14.3. The number of likely N-dealkylation sites (tertiary alicyclic amines) is 1. The number of carbonyl (C=O) groups excluding carboxylic acids is 2. The lowest BCUT2D eigenvalue weighted by Crippen LogP contribution is -2.41. The van der Waals surface area contributed by atoms with Crippen LogP contribution in [0.4, 0.5) is 0 Å². The highest BCUT2D eigenvalue weighted by Gasteiger charge is 2.26. The van der Waals surface area contributed by atoms with E-state index in [9.17, 15) is 9.59 Å². The van der Waals surface area contributed by atoms with E-state index < -0.39 is 0 Å². The molecule has 0 atom stereocenters. The predicted octanol–water partition coefficient (Wildman–Crippen LogP) is 4.08. The average Bonchev–Trinajstić information content (AvgIpc) is 2.83. The van der Waals surface area contributed by atoms with Crippen LogP contribution >= 0.6 is 11.8 Å². The minimum absolute atomic E-state index is 0.00186. The van der Waals surface area contributed by atoms with Crippen molar-refractivity contribution in [1.82, 2.24) is 15.1 Å². The third-order valence-corrected chi connectivity index (χ3v) is 6.72. The largest absolute Gasteiger partial charge is 0.369 e. The number of nitrogens with zero attached hydrogens (tertiary/aromatic N) is 3. The van der Waals surface area contributed by atoms with Gasteiger partial charge in [0.15, 0.2) is 0 Å². The summed E-state index contributed by atoms with van der Waals surface area (Å²) in [4.78, 5) is 26.0. The van der Waals surface area contributed by atoms with Gasteiger partial charge in [0, 0.05) is 35.9 Å². The van der Waals surface area contributed by atoms with Crippen molar-refractivity contribution in [2.75, 3.05) is 13.1 Å². The molecule has 1 aliphatic rings. The molecule has 7 heteroatoms. The SMILES string of the molecule is Cc1ccc(-c2ccc(SCc3cccc(C(=O)N4CCC(C(N)=O)CC4)c3)nn2)cc1. The van der Waals surface area contributed by atoms with Crippen LogP contribution in [0.3, 0.4) is 0 Å². The first kappa shape index (κ1) is 22.0. The Morgan fingerprint density at radius 3 is 2.44 bits per heavy atom. The van der Waals surface area contributed by atoms with E-state index in [0.29, 0.717) is 37.2 Å². The van der Waals surface area contributed by atoms with Crippen molar-refractivity contribution in [3.05, 3.63) is 77.4 Å². The van der Waals surface area contributed by atoms with Crippen LogP contribution in [-0.2, 0) is 10.5 Å². The maximum absolute atomic E-state index is 12.9. The standard InChI is InChI=1S/C25H26N4O2S/c1-17-5-7-19(8-6-17)22-9-10-23(28-27-22)32-16-18-3-2-4-21(15-18)25(31)29-13-11-20(12-14-29)24(26)30/h2-10,15,20H,11-14,16H2,1H3,(H2,26,30). The van der Waals surface area contributed by atoms with Gasteiger partial charge in [-0.3, -0.25) is 9.59 Å². The van der Waals surface area contributed by atoms with Gasteiger partial charge in [0.1, 0.15) is 5.03 Å². The molecule has 164 valence electrons. The number of nitrogens with two attached hydrogens (primary N) is 1. The molecule has 3 aromatic rings. The van der Waals surface area contributed by atoms with Crippen LogP contribution in [0.5, 0.6) is 0 Å². The number of benzene rings is 2. The highest BCUT2D eigenvalue weighted by atomic mass is 32.2. The molecule has 2 heterocycles. The highest BCUT2D eigenvalue weighted by molar-refractivity contribution is 7.98. The van der Waals surface area contributed by atoms with E-state index in [1.165, 1.54) is 5.56 Å². The zero-order valence-electron chi connectivity index (χ0n) is 18.0. The van der Waals surface area contributed by atoms with Crippen LogP contribution in [-0.4, -0.2) is 40.0 Å². The molecule has 0 spiro atoms. The number of primary amides is 1. The molecule has 2 N–H and O–H groups in total. The fourth-order valence-corrected chi connectivity index (χ4v) is 4.53. The lowest BCUT2D eigenvalue weighted by Gasteiger charge is -2.30. The Kier molecular flexibility index (Phi) is 6.85. The van der Waals surface area contributed by atoms with Crippen molar-refractivity contribution >= 4 is 23.6 Å². The van der Waals surface area contributed by atoms with Crippen molar-refractivity contribution in [3.63, 3.8) is 0 Å². The first-order valence-corrected chi connectivity index (χ1v) is 11.7. The highest BCUT2D eigenvalue weighted by Crippen LogP contribution is 2.24. The number of aryl methyl sites for hydroxylation is 1. The number of rotatable bonds is 6. The Morgan fingerprint density at radius 1 is 1.03 bits per heavy atom. The molecule has 0 aliphatic carbocycles. The lowest BCUT2D eigenvalue weighted by molar-refractivity contribution is -0.123. The summed E-state index contributed by atoms with van der Waals surface area (Å²) >= 11 is 1.59. The van der Waals surface area contributed by atoms with E-state index in [0.717, 1.165) is 21.8 Å². The second-order valence-corrected chi connectivity index (χ2v) is 9.08. The van der Waals surface area contributed by atoms with Gasteiger partial charge in [0.2, 0.25) is 5.91 Å². The fraction of sp³-hybridized carbons (Fsp3) is 0.280. The Balaban J connectivity index is 1.35. The van der Waals surface area contributed by atoms with Crippen LogP contribution in [0.15, 0.2) is 65.7 Å². The van der Waals surface area contributed by atoms with Gasteiger partial charge < -0.3 is 10.6 Å². The minimum Gasteiger partial charge on any atom is -0.369 e. The molecule has 1 aliphatic heterocycles. The zero-order chi connectivity index (χ0) is 22.5. The molecule has 0 unspecified atom stereocenters. The van der Waals surface area contributed by atoms with E-state index >= 15 is 0 Å². The second kappa shape index (κ2) is 9.96. The second-order valence-electron chi connectivity index (χ2n) is 8.08. The van der Waals surface area contributed by atoms with E-state index in [-0.39, 0.29) is 17.7 Å². The number of hydrogen-bond acceptors (Lipinski definition) is 5. The molecule has 1 saturated heterocycles. The monoisotopic (exact) mass is 446 g/mol. The van der Waals surface area contributed by atoms with Crippen molar-refractivity contribution < 1.29 is 9.59 Å². The third kappa shape index (κ3) is 5.34. The van der Waals surface area contributed by atoms with Crippen LogP contribution < -0.4 is 5.73 Å². The van der Waals surface area contributed by atoms with Crippen LogP contribution in [0.1, 0.15) is 34.3 Å². The maximum Gasteiger partial charge on any atom is 0.253 e. The van der Waals surface area contributed by atoms with Crippen molar-refractivity contribution in [1.29, 1.82) is 0 Å². The fourth-order valence-electron chi connectivity index (χ4n) is 3.78. The summed E-state index contributed by atoms with van der Waals surface area (Å²) in [6.07, 6.45) is 1.27. The summed E-state index contributed by atoms with van der Waals surface area (Å²) < 4.78 is 0. The molecule has 0 bridgehead atoms. The number of aromatic nitrogens is 2. The van der Waals surface area contributed by atoms with Gasteiger partial charge in [-0.15, -0.1) is 10.2 Å². The topological polar surface area (TPSA) is 89.2 Å². The molecule has 1 aromatic heterocycles. The van der Waals surface area contributed by atoms with E-state index in [4.69, 9.17) is 5.73 Å². The molecule has 32 heavy (non-hydrogen) atoms. The molecular formula is C25H26N4O2S. The number of carbonyl (C=O) groups is 2. The Hall–Kier alpha value is -3.19. The predicted molar refractivity (Wildman–Crippen MR) is 126 cm³/mol. The summed E-state index contributed by atoms with van der Waals surface area (Å²) in [7, 11) is 0. The van der Waals surface area contributed by atoms with Crippen LogP contribution in [0.2, 0.25) is 0 Å². The van der Waals surface area contributed by atoms with Gasteiger partial charge in [-0.25, -0.2) is 0 Å². The summed E-state index contributed by atoms with van der Waals surface area (Å²) in [6.45, 7) is 3.19. The molecule has 0 saturated carbocycles. The zero-order valence-corrected chi connectivity index (χ0v) is 18.8. The van der Waals surface area contributed by atoms with Crippen LogP contribution in [0.25, 0.3) is 11.3 Å². The number of thioether (sulfide) groups is 1. The molecule has 6 nitrogen and oxygen atoms in total. The Bertz CT molecular complexity index is 1090. The van der Waals surface area contributed by atoms with Crippen LogP contribution in [0, 0.1) is 12.8 Å². The number of hydrogen-bond donors (Lipinski definition) is 1. The number of amides is 2. The van der Waals surface area contributed by atoms with Gasteiger partial charge >= 0.3 is 0 Å². The molecule has 0 radical (unpaired) electrons. The summed E-state index contributed by atoms with van der Waals surface area (Å²) in [5.41, 5.74) is 10.2. The van der Waals surface area contributed by atoms with Gasteiger partial charge in [-0.05, 0) is 49.6 Å². The quantitative estimate of drug-likeness (QED) is 0.576. The summed E-state index contributed by atoms with van der Waals surface area (Å²) in [5.74, 6) is 0.303. The third-order valence-electron chi connectivity index (χ3n) is 5.73. The van der Waals surface area contributed by atoms with Crippen molar-refractivity contribution in [2.45, 2.75) is 30.5 Å². The molecule has 2 aromatic carbocycles. The molecule has 1 fully saturated rings. The lowest BCUT2D eigenvalue weighted by atomic mass is 9.96. The maximum atomic E-state index is 12.9. The molecule has 4 rings (SSSR count). The van der Waals surface area contributed by atoms with Gasteiger partial charge in [0.25, 0.3) is 5.91 Å². The smallest absolute Gasteiger partial charge is 0.253 e. The first-order chi connectivity index (χ1) is 15.5.